The van der Waals surface area contributed by atoms with E-state index in [0.29, 0.717) is 0 Å². The third kappa shape index (κ3) is 2.77. The lowest BCUT2D eigenvalue weighted by atomic mass is 10.2. The first-order valence-electron chi connectivity index (χ1n) is 9.09. The van der Waals surface area contributed by atoms with Crippen LogP contribution in [0.15, 0.2) is 12.1 Å². The smallest absolute Gasteiger partial charge is 0.264 e. The first-order valence-corrected chi connectivity index (χ1v) is 9.91. The summed E-state index contributed by atoms with van der Waals surface area (Å²) in [6.45, 7) is 3.95. The first kappa shape index (κ1) is 15.8. The number of hydrogen-bond acceptors (Lipinski definition) is 4. The molecule has 6 heteroatoms. The average Bonchev–Trinajstić information content (AvgIpc) is 3.30. The zero-order valence-corrected chi connectivity index (χ0v) is 15.0. The average molecular weight is 344 g/mol. The van der Waals surface area contributed by atoms with E-state index in [1.54, 1.807) is 11.3 Å². The molecule has 2 aliphatic rings. The number of aromatic nitrogens is 3. The number of aryl methyl sites for hydroxylation is 2. The number of likely N-dealkylation sites (tertiary alicyclic amines) is 1. The normalized spacial score (nSPS) is 20.9. The highest BCUT2D eigenvalue weighted by atomic mass is 32.1. The predicted molar refractivity (Wildman–Crippen MR) is 94.3 cm³/mol. The fourth-order valence-corrected chi connectivity index (χ4v) is 4.76. The molecule has 4 rings (SSSR count). The standard InChI is InChI=1S/C18H24N4OS/c1-2-13-9-10-15(24-13)18(23)21-12-6-7-14(21)17-20-19-16-8-4-3-5-11-22(16)17/h9-10,14H,2-8,11-12H2,1H3/t14-/m1/s1. The molecule has 5 nitrogen and oxygen atoms in total. The molecule has 0 spiro atoms. The lowest BCUT2D eigenvalue weighted by Gasteiger charge is -2.24. The maximum atomic E-state index is 13.0. The van der Waals surface area contributed by atoms with Gasteiger partial charge in [0.1, 0.15) is 5.82 Å². The summed E-state index contributed by atoms with van der Waals surface area (Å²) in [6, 6.07) is 4.14. The highest BCUT2D eigenvalue weighted by Gasteiger charge is 2.35. The molecular formula is C18H24N4OS. The number of fused-ring (bicyclic) bond motifs is 1. The van der Waals surface area contributed by atoms with Crippen LogP contribution in [0.2, 0.25) is 0 Å². The Morgan fingerprint density at radius 3 is 2.96 bits per heavy atom. The highest BCUT2D eigenvalue weighted by molar-refractivity contribution is 7.14. The van der Waals surface area contributed by atoms with Crippen molar-refractivity contribution in [3.8, 4) is 0 Å². The fraction of sp³-hybridized carbons (Fsp3) is 0.611. The van der Waals surface area contributed by atoms with Gasteiger partial charge >= 0.3 is 0 Å². The molecule has 0 N–H and O–H groups in total. The van der Waals surface area contributed by atoms with E-state index in [1.165, 1.54) is 24.1 Å². The van der Waals surface area contributed by atoms with Gasteiger partial charge in [0.25, 0.3) is 5.91 Å². The molecular weight excluding hydrogens is 320 g/mol. The number of rotatable bonds is 3. The van der Waals surface area contributed by atoms with E-state index in [4.69, 9.17) is 0 Å². The second-order valence-corrected chi connectivity index (χ2v) is 7.88. The Balaban J connectivity index is 1.61. The Hall–Kier alpha value is -1.69. The van der Waals surface area contributed by atoms with E-state index < -0.39 is 0 Å². The van der Waals surface area contributed by atoms with Crippen LogP contribution < -0.4 is 0 Å². The molecule has 1 amide bonds. The Morgan fingerprint density at radius 1 is 1.21 bits per heavy atom. The summed E-state index contributed by atoms with van der Waals surface area (Å²) in [4.78, 5) is 17.1. The minimum absolute atomic E-state index is 0.0871. The van der Waals surface area contributed by atoms with Crippen molar-refractivity contribution in [1.82, 2.24) is 19.7 Å². The Kier molecular flexibility index (Phi) is 4.39. The first-order chi connectivity index (χ1) is 11.8. The van der Waals surface area contributed by atoms with Crippen molar-refractivity contribution in [2.24, 2.45) is 0 Å². The van der Waals surface area contributed by atoms with Crippen LogP contribution in [-0.4, -0.2) is 32.1 Å². The van der Waals surface area contributed by atoms with Crippen molar-refractivity contribution >= 4 is 17.2 Å². The summed E-state index contributed by atoms with van der Waals surface area (Å²) in [7, 11) is 0. The molecule has 128 valence electrons. The number of thiophene rings is 1. The largest absolute Gasteiger partial charge is 0.328 e. The molecule has 0 unspecified atom stereocenters. The van der Waals surface area contributed by atoms with Gasteiger partial charge in [0.05, 0.1) is 10.9 Å². The highest BCUT2D eigenvalue weighted by Crippen LogP contribution is 2.34. The van der Waals surface area contributed by atoms with Crippen LogP contribution in [0, 0.1) is 0 Å². The van der Waals surface area contributed by atoms with Crippen LogP contribution in [-0.2, 0) is 19.4 Å². The van der Waals surface area contributed by atoms with Crippen LogP contribution in [0.1, 0.15) is 71.3 Å². The van der Waals surface area contributed by atoms with Crippen molar-refractivity contribution in [3.63, 3.8) is 0 Å². The number of carbonyl (C=O) groups excluding carboxylic acids is 1. The number of hydrogen-bond donors (Lipinski definition) is 0. The SMILES string of the molecule is CCc1ccc(C(=O)N2CCC[C@@H]2c2nnc3n2CCCCC3)s1. The molecule has 0 aromatic carbocycles. The van der Waals surface area contributed by atoms with Gasteiger partial charge in [-0.25, -0.2) is 0 Å². The second-order valence-electron chi connectivity index (χ2n) is 6.71. The molecule has 0 bridgehead atoms. The van der Waals surface area contributed by atoms with E-state index in [-0.39, 0.29) is 11.9 Å². The minimum atomic E-state index is 0.0871. The topological polar surface area (TPSA) is 51.0 Å². The van der Waals surface area contributed by atoms with Gasteiger partial charge in [-0.15, -0.1) is 21.5 Å². The molecule has 2 aromatic rings. The molecule has 1 fully saturated rings. The fourth-order valence-electron chi connectivity index (χ4n) is 3.86. The Bertz CT molecular complexity index is 735. The summed E-state index contributed by atoms with van der Waals surface area (Å²) < 4.78 is 2.29. The molecule has 24 heavy (non-hydrogen) atoms. The van der Waals surface area contributed by atoms with E-state index in [0.717, 1.165) is 55.3 Å². The monoisotopic (exact) mass is 344 g/mol. The Morgan fingerprint density at radius 2 is 2.12 bits per heavy atom. The van der Waals surface area contributed by atoms with Gasteiger partial charge in [-0.3, -0.25) is 4.79 Å². The van der Waals surface area contributed by atoms with Crippen molar-refractivity contribution in [2.45, 2.75) is 64.5 Å². The molecule has 2 aromatic heterocycles. The molecule has 2 aliphatic heterocycles. The van der Waals surface area contributed by atoms with Crippen LogP contribution >= 0.6 is 11.3 Å². The van der Waals surface area contributed by atoms with Gasteiger partial charge in [-0.1, -0.05) is 13.3 Å². The minimum Gasteiger partial charge on any atom is -0.328 e. The lowest BCUT2D eigenvalue weighted by molar-refractivity contribution is 0.0732. The third-order valence-electron chi connectivity index (χ3n) is 5.17. The molecule has 1 atom stereocenters. The molecule has 1 saturated heterocycles. The van der Waals surface area contributed by atoms with Gasteiger partial charge in [0, 0.05) is 24.4 Å². The third-order valence-corrected chi connectivity index (χ3v) is 6.39. The van der Waals surface area contributed by atoms with E-state index in [9.17, 15) is 4.79 Å². The molecule has 0 aliphatic carbocycles. The second kappa shape index (κ2) is 6.67. The lowest BCUT2D eigenvalue weighted by Crippen LogP contribution is -2.31. The van der Waals surface area contributed by atoms with Crippen LogP contribution in [0.3, 0.4) is 0 Å². The van der Waals surface area contributed by atoms with Gasteiger partial charge in [-0.05, 0) is 44.2 Å². The summed E-state index contributed by atoms with van der Waals surface area (Å²) in [6.07, 6.45) is 7.67. The summed E-state index contributed by atoms with van der Waals surface area (Å²) in [5.74, 6) is 2.27. The van der Waals surface area contributed by atoms with Gasteiger partial charge in [0.15, 0.2) is 5.82 Å². The molecule has 0 saturated carbocycles. The summed E-state index contributed by atoms with van der Waals surface area (Å²) >= 11 is 1.63. The summed E-state index contributed by atoms with van der Waals surface area (Å²) in [5, 5.41) is 8.91. The van der Waals surface area contributed by atoms with E-state index >= 15 is 0 Å². The molecule has 4 heterocycles. The van der Waals surface area contributed by atoms with Crippen molar-refractivity contribution < 1.29 is 4.79 Å². The van der Waals surface area contributed by atoms with Crippen LogP contribution in [0.25, 0.3) is 0 Å². The number of carbonyl (C=O) groups is 1. The van der Waals surface area contributed by atoms with Gasteiger partial charge < -0.3 is 9.47 Å². The van der Waals surface area contributed by atoms with Crippen molar-refractivity contribution in [1.29, 1.82) is 0 Å². The van der Waals surface area contributed by atoms with E-state index in [2.05, 4.69) is 27.8 Å². The van der Waals surface area contributed by atoms with Crippen LogP contribution in [0.5, 0.6) is 0 Å². The maximum Gasteiger partial charge on any atom is 0.264 e. The molecule has 0 radical (unpaired) electrons. The van der Waals surface area contributed by atoms with Crippen LogP contribution in [0.4, 0.5) is 0 Å². The van der Waals surface area contributed by atoms with Gasteiger partial charge in [0.2, 0.25) is 0 Å². The van der Waals surface area contributed by atoms with Gasteiger partial charge in [-0.2, -0.15) is 0 Å². The van der Waals surface area contributed by atoms with Crippen molar-refractivity contribution in [3.05, 3.63) is 33.5 Å². The number of nitrogens with zero attached hydrogens (tertiary/aromatic N) is 4. The zero-order chi connectivity index (χ0) is 16.5. The summed E-state index contributed by atoms with van der Waals surface area (Å²) in [5.41, 5.74) is 0. The van der Waals surface area contributed by atoms with E-state index in [1.807, 2.05) is 11.0 Å². The Labute approximate surface area is 146 Å². The maximum absolute atomic E-state index is 13.0. The van der Waals surface area contributed by atoms with Crippen molar-refractivity contribution in [2.75, 3.05) is 6.54 Å². The quantitative estimate of drug-likeness (QED) is 0.855. The predicted octanol–water partition coefficient (Wildman–Crippen LogP) is 3.61. The number of amides is 1. The zero-order valence-electron chi connectivity index (χ0n) is 14.2.